The summed E-state index contributed by atoms with van der Waals surface area (Å²) in [6.45, 7) is 6.96. The van der Waals surface area contributed by atoms with E-state index in [0.717, 1.165) is 18.0 Å². The highest BCUT2D eigenvalue weighted by atomic mass is 32.2. The fraction of sp³-hybridized carbons (Fsp3) is 0.688. The van der Waals surface area contributed by atoms with Crippen molar-refractivity contribution in [3.63, 3.8) is 0 Å². The summed E-state index contributed by atoms with van der Waals surface area (Å²) in [5.41, 5.74) is 0.0872. The zero-order valence-corrected chi connectivity index (χ0v) is 14.8. The molecule has 3 aliphatic heterocycles. The van der Waals surface area contributed by atoms with Gasteiger partial charge in [-0.2, -0.15) is 0 Å². The van der Waals surface area contributed by atoms with Crippen molar-refractivity contribution < 1.29 is 19.8 Å². The zero-order valence-electron chi connectivity index (χ0n) is 14.0. The van der Waals surface area contributed by atoms with Crippen LogP contribution in [0.2, 0.25) is 0 Å². The van der Waals surface area contributed by atoms with Crippen LogP contribution in [0.5, 0.6) is 0 Å². The third-order valence-corrected chi connectivity index (χ3v) is 6.76. The first-order valence-corrected chi connectivity index (χ1v) is 9.04. The van der Waals surface area contributed by atoms with Crippen molar-refractivity contribution in [2.24, 2.45) is 11.8 Å². The molecule has 5 atom stereocenters. The van der Waals surface area contributed by atoms with Gasteiger partial charge in [0.2, 0.25) is 5.91 Å². The van der Waals surface area contributed by atoms with Gasteiger partial charge in [-0.1, -0.05) is 6.92 Å². The molecule has 1 amide bonds. The molecule has 132 valence electrons. The summed E-state index contributed by atoms with van der Waals surface area (Å²) in [5, 5.41) is 27.3. The Bertz CT molecular complexity index is 633. The molecule has 0 aromatic heterocycles. The monoisotopic (exact) mass is 353 g/mol. The predicted octanol–water partition coefficient (Wildman–Crippen LogP) is 0.945. The molecule has 0 bridgehead atoms. The number of likely N-dealkylation sites (tertiary alicyclic amines) is 1. The number of fused-ring (bicyclic) bond motifs is 1. The van der Waals surface area contributed by atoms with Gasteiger partial charge in [0.1, 0.15) is 5.70 Å². The number of rotatable bonds is 4. The topological polar surface area (TPSA) is 105 Å². The number of amides is 1. The van der Waals surface area contributed by atoms with E-state index in [4.69, 9.17) is 5.41 Å². The molecule has 4 unspecified atom stereocenters. The lowest BCUT2D eigenvalue weighted by atomic mass is 9.83. The number of carbonyl (C=O) groups is 2. The fourth-order valence-corrected chi connectivity index (χ4v) is 5.39. The van der Waals surface area contributed by atoms with Gasteiger partial charge in [0, 0.05) is 29.7 Å². The number of hydrogen-bond donors (Lipinski definition) is 3. The van der Waals surface area contributed by atoms with Gasteiger partial charge in [-0.05, 0) is 19.8 Å². The van der Waals surface area contributed by atoms with E-state index in [0.29, 0.717) is 18.2 Å². The smallest absolute Gasteiger partial charge is 0.353 e. The van der Waals surface area contributed by atoms with Crippen LogP contribution in [0.1, 0.15) is 27.2 Å². The van der Waals surface area contributed by atoms with Crippen LogP contribution in [0.25, 0.3) is 0 Å². The van der Waals surface area contributed by atoms with Crippen molar-refractivity contribution in [2.45, 2.75) is 44.6 Å². The van der Waals surface area contributed by atoms with Gasteiger partial charge in [-0.25, -0.2) is 4.79 Å². The average molecular weight is 353 g/mol. The zero-order chi connectivity index (χ0) is 17.8. The van der Waals surface area contributed by atoms with Gasteiger partial charge in [0.25, 0.3) is 0 Å². The normalized spacial score (nSPS) is 33.6. The van der Waals surface area contributed by atoms with E-state index in [-0.39, 0.29) is 22.9 Å². The maximum absolute atomic E-state index is 12.2. The molecular formula is C16H23N3O4S. The molecule has 2 fully saturated rings. The molecular weight excluding hydrogens is 330 g/mol. The molecule has 0 aliphatic carbocycles. The van der Waals surface area contributed by atoms with Crippen molar-refractivity contribution in [3.8, 4) is 0 Å². The summed E-state index contributed by atoms with van der Waals surface area (Å²) in [6, 6.07) is -0.233. The Morgan fingerprint density at radius 1 is 1.42 bits per heavy atom. The number of aliphatic hydroxyl groups excluding tert-OH is 1. The van der Waals surface area contributed by atoms with Gasteiger partial charge >= 0.3 is 5.97 Å². The van der Waals surface area contributed by atoms with E-state index >= 15 is 0 Å². The third kappa shape index (κ3) is 2.61. The number of aliphatic carboxylic acids is 1. The van der Waals surface area contributed by atoms with Gasteiger partial charge in [0.05, 0.1) is 23.9 Å². The Labute approximate surface area is 145 Å². The summed E-state index contributed by atoms with van der Waals surface area (Å²) in [5.74, 6) is -1.01. The second kappa shape index (κ2) is 6.07. The van der Waals surface area contributed by atoms with Crippen molar-refractivity contribution >= 4 is 29.5 Å². The Balaban J connectivity index is 1.79. The lowest BCUT2D eigenvalue weighted by Gasteiger charge is -2.44. The number of β-lactam (4-membered cyclic amide) rings is 1. The number of nitrogens with zero attached hydrogens (tertiary/aromatic N) is 2. The molecule has 3 heterocycles. The number of carboxylic acids is 1. The average Bonchev–Trinajstić information content (AvgIpc) is 2.98. The minimum Gasteiger partial charge on any atom is -0.477 e. The van der Waals surface area contributed by atoms with Crippen LogP contribution in [-0.4, -0.2) is 68.2 Å². The number of aliphatic hydroxyl groups is 1. The highest BCUT2D eigenvalue weighted by Gasteiger charge is 2.57. The van der Waals surface area contributed by atoms with Crippen LogP contribution >= 0.6 is 11.8 Å². The minimum atomic E-state index is -1.08. The van der Waals surface area contributed by atoms with Crippen molar-refractivity contribution in [3.05, 3.63) is 10.6 Å². The van der Waals surface area contributed by atoms with E-state index in [1.807, 2.05) is 4.90 Å². The van der Waals surface area contributed by atoms with E-state index in [1.165, 1.54) is 16.7 Å². The maximum atomic E-state index is 12.2. The van der Waals surface area contributed by atoms with E-state index in [2.05, 4.69) is 6.92 Å². The summed E-state index contributed by atoms with van der Waals surface area (Å²) in [6.07, 6.45) is -0.264. The van der Waals surface area contributed by atoms with Gasteiger partial charge in [-0.3, -0.25) is 10.2 Å². The van der Waals surface area contributed by atoms with E-state index in [1.54, 1.807) is 13.8 Å². The number of hydrogen-bond acceptors (Lipinski definition) is 5. The highest BCUT2D eigenvalue weighted by Crippen LogP contribution is 2.49. The number of amidine groups is 1. The first-order chi connectivity index (χ1) is 11.2. The standard InChI is InChI=1S/C16H23N3O4S/c1-7-5-18(9(3)17)6-12(7)24-11-4-10-13(8(2)20)15(21)19(10)14(11)16(22)23/h7-8,10,12-13,17,20H,4-6H2,1-3H3,(H,22,23)/t7?,8?,10-,12?,13?/m1/s1. The Morgan fingerprint density at radius 2 is 2.08 bits per heavy atom. The second-order valence-corrected chi connectivity index (χ2v) is 8.28. The number of carbonyl (C=O) groups excluding carboxylic acids is 1. The number of thioether (sulfide) groups is 1. The van der Waals surface area contributed by atoms with Crippen LogP contribution in [-0.2, 0) is 9.59 Å². The SMILES string of the molecule is CC(=N)N1CC(C)C(SC2=C(C(=O)O)N3C(=O)C(C(C)O)[C@H]3C2)C1. The molecule has 3 rings (SSSR count). The molecule has 0 radical (unpaired) electrons. The molecule has 7 nitrogen and oxygen atoms in total. The molecule has 0 aromatic carbocycles. The molecule has 3 aliphatic rings. The van der Waals surface area contributed by atoms with Crippen LogP contribution in [0.4, 0.5) is 0 Å². The Hall–Kier alpha value is -1.54. The molecule has 24 heavy (non-hydrogen) atoms. The quantitative estimate of drug-likeness (QED) is 0.395. The predicted molar refractivity (Wildman–Crippen MR) is 90.6 cm³/mol. The highest BCUT2D eigenvalue weighted by molar-refractivity contribution is 8.03. The second-order valence-electron chi connectivity index (χ2n) is 6.95. The molecule has 2 saturated heterocycles. The molecule has 8 heteroatoms. The summed E-state index contributed by atoms with van der Waals surface area (Å²) in [4.78, 5) is 28.0. The van der Waals surface area contributed by atoms with Crippen molar-refractivity contribution in [1.29, 1.82) is 5.41 Å². The molecule has 0 spiro atoms. The molecule has 3 N–H and O–H groups in total. The van der Waals surface area contributed by atoms with Crippen LogP contribution < -0.4 is 0 Å². The summed E-state index contributed by atoms with van der Waals surface area (Å²) < 4.78 is 0. The Kier molecular flexibility index (Phi) is 4.37. The maximum Gasteiger partial charge on any atom is 0.353 e. The number of nitrogens with one attached hydrogen (secondary N) is 1. The third-order valence-electron chi connectivity index (χ3n) is 5.20. The molecule has 0 saturated carbocycles. The van der Waals surface area contributed by atoms with Gasteiger partial charge in [0.15, 0.2) is 0 Å². The number of carboxylic acid groups (broad SMARTS) is 1. The van der Waals surface area contributed by atoms with Crippen molar-refractivity contribution in [1.82, 2.24) is 9.80 Å². The Morgan fingerprint density at radius 3 is 2.58 bits per heavy atom. The largest absolute Gasteiger partial charge is 0.477 e. The lowest BCUT2D eigenvalue weighted by molar-refractivity contribution is -0.161. The van der Waals surface area contributed by atoms with Crippen LogP contribution in [0.15, 0.2) is 10.6 Å². The van der Waals surface area contributed by atoms with Crippen molar-refractivity contribution in [2.75, 3.05) is 13.1 Å². The van der Waals surface area contributed by atoms with E-state index in [9.17, 15) is 19.8 Å². The van der Waals surface area contributed by atoms with Gasteiger partial charge in [-0.15, -0.1) is 11.8 Å². The molecule has 0 aromatic rings. The fourth-order valence-electron chi connectivity index (χ4n) is 3.88. The van der Waals surface area contributed by atoms with E-state index < -0.39 is 18.0 Å². The van der Waals surface area contributed by atoms with Crippen LogP contribution in [0.3, 0.4) is 0 Å². The summed E-state index contributed by atoms with van der Waals surface area (Å²) >= 11 is 1.53. The minimum absolute atomic E-state index is 0.0872. The first kappa shape index (κ1) is 17.3. The summed E-state index contributed by atoms with van der Waals surface area (Å²) in [7, 11) is 0. The lowest BCUT2D eigenvalue weighted by Crippen LogP contribution is -2.61. The van der Waals surface area contributed by atoms with Gasteiger partial charge < -0.3 is 20.0 Å². The van der Waals surface area contributed by atoms with Crippen LogP contribution in [0, 0.1) is 17.2 Å². The first-order valence-electron chi connectivity index (χ1n) is 8.16.